The summed E-state index contributed by atoms with van der Waals surface area (Å²) in [5.41, 5.74) is 3.56. The topological polar surface area (TPSA) is 74.1 Å². The molecule has 0 amide bonds. The molecule has 6 nitrogen and oxygen atoms in total. The summed E-state index contributed by atoms with van der Waals surface area (Å²) in [6.07, 6.45) is 1.04. The van der Waals surface area contributed by atoms with Crippen molar-refractivity contribution in [1.29, 1.82) is 0 Å². The maximum Gasteiger partial charge on any atom is 0.338 e. The molecule has 0 N–H and O–H groups in total. The van der Waals surface area contributed by atoms with Crippen LogP contribution in [-0.4, -0.2) is 33.4 Å². The fraction of sp³-hybridized carbons (Fsp3) is 0.333. The monoisotopic (exact) mass is 365 g/mol. The molecule has 3 rings (SSSR count). The Morgan fingerprint density at radius 2 is 1.78 bits per heavy atom. The minimum absolute atomic E-state index is 0.225. The minimum atomic E-state index is -0.549. The van der Waals surface area contributed by atoms with E-state index in [0.717, 1.165) is 11.9 Å². The normalized spacial score (nSPS) is 12.1. The Kier molecular flexibility index (Phi) is 5.64. The van der Waals surface area contributed by atoms with Crippen molar-refractivity contribution in [3.8, 4) is 0 Å². The summed E-state index contributed by atoms with van der Waals surface area (Å²) in [4.78, 5) is 24.5. The number of nitrogens with zero attached hydrogens (tertiary/aromatic N) is 3. The van der Waals surface area contributed by atoms with Crippen molar-refractivity contribution in [3.63, 3.8) is 0 Å². The van der Waals surface area contributed by atoms with Crippen molar-refractivity contribution < 1.29 is 14.3 Å². The van der Waals surface area contributed by atoms with Crippen LogP contribution in [0, 0.1) is 0 Å². The highest BCUT2D eigenvalue weighted by atomic mass is 16.5. The molecule has 0 saturated carbocycles. The lowest BCUT2D eigenvalue weighted by molar-refractivity contribution is 0.0475. The SMILES string of the molecule is CC[C@@H](C)c1ccc(C(=O)COC(=O)c2ccc3c(c2)nnn3CC)cc1. The highest BCUT2D eigenvalue weighted by Crippen LogP contribution is 2.19. The largest absolute Gasteiger partial charge is 0.454 e. The lowest BCUT2D eigenvalue weighted by Gasteiger charge is -2.09. The maximum atomic E-state index is 12.3. The molecule has 1 aromatic heterocycles. The summed E-state index contributed by atoms with van der Waals surface area (Å²) >= 11 is 0. The zero-order valence-corrected chi connectivity index (χ0v) is 15.8. The van der Waals surface area contributed by atoms with Gasteiger partial charge in [0.05, 0.1) is 11.1 Å². The van der Waals surface area contributed by atoms with Crippen LogP contribution in [-0.2, 0) is 11.3 Å². The van der Waals surface area contributed by atoms with Gasteiger partial charge in [-0.05, 0) is 43.0 Å². The molecule has 2 aromatic carbocycles. The standard InChI is InChI=1S/C21H23N3O3/c1-4-14(3)15-6-8-16(9-7-15)20(25)13-27-21(26)17-10-11-19-18(12-17)22-23-24(19)5-2/h6-12,14H,4-5,13H2,1-3H3/t14-/m1/s1. The summed E-state index contributed by atoms with van der Waals surface area (Å²) < 4.78 is 6.93. The van der Waals surface area contributed by atoms with Gasteiger partial charge in [0.15, 0.2) is 12.4 Å². The molecule has 0 saturated heterocycles. The quantitative estimate of drug-likeness (QED) is 0.467. The van der Waals surface area contributed by atoms with Gasteiger partial charge in [0, 0.05) is 12.1 Å². The van der Waals surface area contributed by atoms with E-state index in [-0.39, 0.29) is 12.4 Å². The molecular formula is C21H23N3O3. The van der Waals surface area contributed by atoms with E-state index in [9.17, 15) is 9.59 Å². The first-order valence-corrected chi connectivity index (χ1v) is 9.17. The number of carbonyl (C=O) groups is 2. The highest BCUT2D eigenvalue weighted by Gasteiger charge is 2.14. The number of hydrogen-bond acceptors (Lipinski definition) is 5. The molecule has 0 aliphatic heterocycles. The third kappa shape index (κ3) is 4.05. The zero-order chi connectivity index (χ0) is 19.4. The lowest BCUT2D eigenvalue weighted by Crippen LogP contribution is -2.14. The second-order valence-electron chi connectivity index (χ2n) is 6.54. The predicted octanol–water partition coefficient (Wildman–Crippen LogP) is 4.00. The van der Waals surface area contributed by atoms with Crippen molar-refractivity contribution >= 4 is 22.8 Å². The maximum absolute atomic E-state index is 12.3. The number of benzene rings is 2. The van der Waals surface area contributed by atoms with Gasteiger partial charge < -0.3 is 4.74 Å². The van der Waals surface area contributed by atoms with Gasteiger partial charge in [-0.25, -0.2) is 9.48 Å². The van der Waals surface area contributed by atoms with Crippen molar-refractivity contribution in [2.24, 2.45) is 0 Å². The van der Waals surface area contributed by atoms with Gasteiger partial charge in [0.1, 0.15) is 5.52 Å². The van der Waals surface area contributed by atoms with Crippen LogP contribution in [0.2, 0.25) is 0 Å². The molecule has 1 heterocycles. The third-order valence-corrected chi connectivity index (χ3v) is 4.80. The Balaban J connectivity index is 1.63. The Hall–Kier alpha value is -3.02. The van der Waals surface area contributed by atoms with E-state index < -0.39 is 5.97 Å². The van der Waals surface area contributed by atoms with Gasteiger partial charge in [0.25, 0.3) is 0 Å². The number of carbonyl (C=O) groups excluding carboxylic acids is 2. The molecule has 1 atom stereocenters. The first-order chi connectivity index (χ1) is 13.0. The Morgan fingerprint density at radius 3 is 2.44 bits per heavy atom. The zero-order valence-electron chi connectivity index (χ0n) is 15.8. The van der Waals surface area contributed by atoms with Gasteiger partial charge in [-0.2, -0.15) is 0 Å². The van der Waals surface area contributed by atoms with Crippen LogP contribution in [0.25, 0.3) is 11.0 Å². The van der Waals surface area contributed by atoms with Gasteiger partial charge in [-0.3, -0.25) is 4.79 Å². The number of aryl methyl sites for hydroxylation is 1. The Bertz CT molecular complexity index is 960. The summed E-state index contributed by atoms with van der Waals surface area (Å²) in [6, 6.07) is 12.5. The molecule has 140 valence electrons. The van der Waals surface area contributed by atoms with Crippen molar-refractivity contribution in [3.05, 3.63) is 59.2 Å². The van der Waals surface area contributed by atoms with Gasteiger partial charge >= 0.3 is 5.97 Å². The van der Waals surface area contributed by atoms with E-state index in [0.29, 0.717) is 29.1 Å². The molecule has 0 aliphatic carbocycles. The smallest absolute Gasteiger partial charge is 0.338 e. The molecule has 3 aromatic rings. The van der Waals surface area contributed by atoms with Crippen LogP contribution < -0.4 is 0 Å². The number of aromatic nitrogens is 3. The van der Waals surface area contributed by atoms with E-state index in [1.54, 1.807) is 35.0 Å². The summed E-state index contributed by atoms with van der Waals surface area (Å²) in [7, 11) is 0. The van der Waals surface area contributed by atoms with E-state index in [1.165, 1.54) is 5.56 Å². The highest BCUT2D eigenvalue weighted by molar-refractivity contribution is 6.00. The van der Waals surface area contributed by atoms with Crippen molar-refractivity contribution in [2.45, 2.75) is 39.7 Å². The number of esters is 1. The molecule has 0 spiro atoms. The van der Waals surface area contributed by atoms with Crippen molar-refractivity contribution in [2.75, 3.05) is 6.61 Å². The number of fused-ring (bicyclic) bond motifs is 1. The fourth-order valence-electron chi connectivity index (χ4n) is 2.86. The summed E-state index contributed by atoms with van der Waals surface area (Å²) in [5.74, 6) is -0.322. The Labute approximate surface area is 158 Å². The van der Waals surface area contributed by atoms with Gasteiger partial charge in [-0.15, -0.1) is 5.10 Å². The molecule has 0 unspecified atom stereocenters. The van der Waals surface area contributed by atoms with Crippen LogP contribution in [0.4, 0.5) is 0 Å². The molecule has 0 fully saturated rings. The number of hydrogen-bond donors (Lipinski definition) is 0. The van der Waals surface area contributed by atoms with Crippen LogP contribution >= 0.6 is 0 Å². The number of Topliss-reactive ketones (excluding diaryl/α,β-unsaturated/α-hetero) is 1. The number of rotatable bonds is 7. The van der Waals surface area contributed by atoms with E-state index in [4.69, 9.17) is 4.74 Å². The van der Waals surface area contributed by atoms with Crippen LogP contribution in [0.3, 0.4) is 0 Å². The lowest BCUT2D eigenvalue weighted by atomic mass is 9.97. The Morgan fingerprint density at radius 1 is 1.07 bits per heavy atom. The van der Waals surface area contributed by atoms with E-state index in [1.807, 2.05) is 19.1 Å². The van der Waals surface area contributed by atoms with E-state index >= 15 is 0 Å². The van der Waals surface area contributed by atoms with Crippen LogP contribution in [0.1, 0.15) is 59.4 Å². The number of ether oxygens (including phenoxy) is 1. The summed E-state index contributed by atoms with van der Waals surface area (Å²) in [5, 5.41) is 8.06. The second kappa shape index (κ2) is 8.12. The van der Waals surface area contributed by atoms with Gasteiger partial charge in [-0.1, -0.05) is 43.3 Å². The third-order valence-electron chi connectivity index (χ3n) is 4.80. The first kappa shape index (κ1) is 18.8. The second-order valence-corrected chi connectivity index (χ2v) is 6.54. The molecule has 0 radical (unpaired) electrons. The molecule has 0 bridgehead atoms. The molecule has 27 heavy (non-hydrogen) atoms. The first-order valence-electron chi connectivity index (χ1n) is 9.17. The predicted molar refractivity (Wildman–Crippen MR) is 103 cm³/mol. The average Bonchev–Trinajstić information content (AvgIpc) is 3.13. The van der Waals surface area contributed by atoms with Gasteiger partial charge in [0.2, 0.25) is 0 Å². The molecule has 6 heteroatoms. The molecule has 0 aliphatic rings. The number of ketones is 1. The van der Waals surface area contributed by atoms with Crippen molar-refractivity contribution in [1.82, 2.24) is 15.0 Å². The van der Waals surface area contributed by atoms with Crippen LogP contribution in [0.15, 0.2) is 42.5 Å². The minimum Gasteiger partial charge on any atom is -0.454 e. The van der Waals surface area contributed by atoms with Crippen LogP contribution in [0.5, 0.6) is 0 Å². The molecular weight excluding hydrogens is 342 g/mol. The average molecular weight is 365 g/mol. The fourth-order valence-corrected chi connectivity index (χ4v) is 2.86. The summed E-state index contributed by atoms with van der Waals surface area (Å²) in [6.45, 7) is 6.65. The van der Waals surface area contributed by atoms with E-state index in [2.05, 4.69) is 24.2 Å².